The Morgan fingerprint density at radius 2 is 1.90 bits per heavy atom. The van der Waals surface area contributed by atoms with Gasteiger partial charge in [-0.3, -0.25) is 4.79 Å². The zero-order chi connectivity index (χ0) is 20.6. The average molecular weight is 494 g/mol. The molecule has 144 valence electrons. The monoisotopic (exact) mass is 494 g/mol. The van der Waals surface area contributed by atoms with E-state index in [-0.39, 0.29) is 5.57 Å². The van der Waals surface area contributed by atoms with Gasteiger partial charge in [-0.2, -0.15) is 5.26 Å². The van der Waals surface area contributed by atoms with Gasteiger partial charge in [0.2, 0.25) is 0 Å². The molecule has 0 radical (unpaired) electrons. The first-order chi connectivity index (χ1) is 14.0. The largest absolute Gasteiger partial charge is 0.488 e. The van der Waals surface area contributed by atoms with Gasteiger partial charge < -0.3 is 10.1 Å². The summed E-state index contributed by atoms with van der Waals surface area (Å²) in [5.41, 5.74) is 3.75. The Labute approximate surface area is 184 Å². The van der Waals surface area contributed by atoms with Crippen LogP contribution in [0.25, 0.3) is 6.08 Å². The fourth-order valence-electron chi connectivity index (χ4n) is 2.72. The van der Waals surface area contributed by atoms with Crippen molar-refractivity contribution in [1.29, 1.82) is 5.26 Å². The van der Waals surface area contributed by atoms with E-state index >= 15 is 0 Å². The van der Waals surface area contributed by atoms with Crippen molar-refractivity contribution in [2.75, 3.05) is 5.32 Å². The van der Waals surface area contributed by atoms with Gasteiger partial charge in [0, 0.05) is 5.69 Å². The second-order valence-electron chi connectivity index (χ2n) is 6.46. The third kappa shape index (κ3) is 5.93. The maximum Gasteiger partial charge on any atom is 0.266 e. The highest BCUT2D eigenvalue weighted by Gasteiger charge is 2.10. The van der Waals surface area contributed by atoms with Gasteiger partial charge in [-0.05, 0) is 71.0 Å². The number of aryl methyl sites for hydroxylation is 1. The first-order valence-corrected chi connectivity index (χ1v) is 10.1. The van der Waals surface area contributed by atoms with Crippen LogP contribution in [0.5, 0.6) is 5.75 Å². The van der Waals surface area contributed by atoms with Crippen molar-refractivity contribution in [1.82, 2.24) is 0 Å². The standard InChI is InChI=1S/C24H19IN2O2/c1-17-6-5-7-19(12-17)16-29-23-11-10-18(14-22(23)25)13-20(15-26)24(28)27-21-8-3-2-4-9-21/h2-14H,16H2,1H3,(H,27,28)/b20-13-. The molecule has 0 spiro atoms. The third-order valence-corrected chi connectivity index (χ3v) is 4.98. The van der Waals surface area contributed by atoms with Crippen molar-refractivity contribution in [3.05, 3.63) is 98.6 Å². The Hall–Kier alpha value is -3.11. The molecule has 0 aliphatic rings. The topological polar surface area (TPSA) is 62.1 Å². The normalized spacial score (nSPS) is 10.9. The van der Waals surface area contributed by atoms with Gasteiger partial charge in [0.05, 0.1) is 3.57 Å². The van der Waals surface area contributed by atoms with Crippen LogP contribution in [-0.2, 0) is 11.4 Å². The Kier molecular flexibility index (Phi) is 7.04. The minimum Gasteiger partial charge on any atom is -0.488 e. The van der Waals surface area contributed by atoms with Gasteiger partial charge in [-0.1, -0.05) is 54.1 Å². The van der Waals surface area contributed by atoms with Gasteiger partial charge >= 0.3 is 0 Å². The van der Waals surface area contributed by atoms with Crippen molar-refractivity contribution >= 4 is 40.3 Å². The van der Waals surface area contributed by atoms with Crippen LogP contribution in [0.2, 0.25) is 0 Å². The lowest BCUT2D eigenvalue weighted by Crippen LogP contribution is -2.13. The first-order valence-electron chi connectivity index (χ1n) is 9.01. The molecule has 0 fully saturated rings. The molecule has 0 aliphatic heterocycles. The third-order valence-electron chi connectivity index (χ3n) is 4.14. The summed E-state index contributed by atoms with van der Waals surface area (Å²) in [6, 6.07) is 24.8. The average Bonchev–Trinajstić information content (AvgIpc) is 2.72. The number of halogens is 1. The quantitative estimate of drug-likeness (QED) is 0.271. The van der Waals surface area contributed by atoms with E-state index in [0.29, 0.717) is 12.3 Å². The van der Waals surface area contributed by atoms with E-state index in [9.17, 15) is 10.1 Å². The van der Waals surface area contributed by atoms with Crippen molar-refractivity contribution < 1.29 is 9.53 Å². The zero-order valence-corrected chi connectivity index (χ0v) is 18.0. The summed E-state index contributed by atoms with van der Waals surface area (Å²) in [7, 11) is 0. The van der Waals surface area contributed by atoms with Gasteiger partial charge in [-0.25, -0.2) is 0 Å². The highest BCUT2D eigenvalue weighted by molar-refractivity contribution is 14.1. The fraction of sp³-hybridized carbons (Fsp3) is 0.0833. The van der Waals surface area contributed by atoms with Crippen molar-refractivity contribution in [3.8, 4) is 11.8 Å². The Bertz CT molecular complexity index is 1090. The van der Waals surface area contributed by atoms with Crippen LogP contribution in [0.4, 0.5) is 5.69 Å². The first kappa shape index (κ1) is 20.6. The number of hydrogen-bond acceptors (Lipinski definition) is 3. The van der Waals surface area contributed by atoms with Crippen molar-refractivity contribution in [3.63, 3.8) is 0 Å². The molecule has 3 rings (SSSR count). The molecular formula is C24H19IN2O2. The molecular weight excluding hydrogens is 475 g/mol. The smallest absolute Gasteiger partial charge is 0.266 e. The number of anilines is 1. The highest BCUT2D eigenvalue weighted by Crippen LogP contribution is 2.24. The second-order valence-corrected chi connectivity index (χ2v) is 7.62. The molecule has 1 N–H and O–H groups in total. The number of benzene rings is 3. The summed E-state index contributed by atoms with van der Waals surface area (Å²) in [4.78, 5) is 12.4. The van der Waals surface area contributed by atoms with Crippen LogP contribution < -0.4 is 10.1 Å². The fourth-order valence-corrected chi connectivity index (χ4v) is 3.42. The summed E-state index contributed by atoms with van der Waals surface area (Å²) in [6.07, 6.45) is 1.57. The van der Waals surface area contributed by atoms with Gasteiger partial charge in [-0.15, -0.1) is 0 Å². The molecule has 0 bridgehead atoms. The van der Waals surface area contributed by atoms with Crippen molar-refractivity contribution in [2.45, 2.75) is 13.5 Å². The SMILES string of the molecule is Cc1cccc(COc2ccc(/C=C(/C#N)C(=O)Nc3ccccc3)cc2I)c1. The Balaban J connectivity index is 1.71. The van der Waals surface area contributed by atoms with Gasteiger partial charge in [0.1, 0.15) is 24.0 Å². The summed E-state index contributed by atoms with van der Waals surface area (Å²) in [5.74, 6) is 0.324. The molecule has 0 unspecified atom stereocenters. The molecule has 0 aromatic heterocycles. The highest BCUT2D eigenvalue weighted by atomic mass is 127. The van der Waals surface area contributed by atoms with Gasteiger partial charge in [0.25, 0.3) is 5.91 Å². The number of para-hydroxylation sites is 1. The van der Waals surface area contributed by atoms with Crippen molar-refractivity contribution in [2.24, 2.45) is 0 Å². The predicted octanol–water partition coefficient (Wildman–Crippen LogP) is 5.72. The summed E-state index contributed by atoms with van der Waals surface area (Å²) in [5, 5.41) is 12.1. The number of carbonyl (C=O) groups excluding carboxylic acids is 1. The molecule has 1 amide bonds. The minimum absolute atomic E-state index is 0.0399. The molecule has 0 aliphatic carbocycles. The zero-order valence-electron chi connectivity index (χ0n) is 15.9. The molecule has 3 aromatic rings. The number of hydrogen-bond donors (Lipinski definition) is 1. The van der Waals surface area contributed by atoms with Gasteiger partial charge in [0.15, 0.2) is 0 Å². The lowest BCUT2D eigenvalue weighted by Gasteiger charge is -2.10. The number of ether oxygens (including phenoxy) is 1. The number of carbonyl (C=O) groups is 1. The number of nitrogens with zero attached hydrogens (tertiary/aromatic N) is 1. The minimum atomic E-state index is -0.437. The maximum absolute atomic E-state index is 12.4. The summed E-state index contributed by atoms with van der Waals surface area (Å²) >= 11 is 2.19. The molecule has 0 atom stereocenters. The predicted molar refractivity (Wildman–Crippen MR) is 123 cm³/mol. The lowest BCUT2D eigenvalue weighted by atomic mass is 10.1. The molecule has 5 heteroatoms. The number of nitrogens with one attached hydrogen (secondary N) is 1. The molecule has 0 heterocycles. The molecule has 0 saturated heterocycles. The van der Waals surface area contributed by atoms with Crippen LogP contribution >= 0.6 is 22.6 Å². The number of rotatable bonds is 6. The van der Waals surface area contributed by atoms with E-state index in [1.807, 2.05) is 54.6 Å². The van der Waals surface area contributed by atoms with E-state index in [0.717, 1.165) is 20.4 Å². The van der Waals surface area contributed by atoms with E-state index in [2.05, 4.69) is 47.0 Å². The Morgan fingerprint density at radius 1 is 1.10 bits per heavy atom. The van der Waals surface area contributed by atoms with E-state index in [1.165, 1.54) is 5.56 Å². The number of nitriles is 1. The maximum atomic E-state index is 12.4. The van der Waals surface area contributed by atoms with Crippen LogP contribution in [0.3, 0.4) is 0 Å². The molecule has 0 saturated carbocycles. The second kappa shape index (κ2) is 9.89. The van der Waals surface area contributed by atoms with E-state index in [1.54, 1.807) is 18.2 Å². The van der Waals surface area contributed by atoms with Crippen LogP contribution in [0.1, 0.15) is 16.7 Å². The number of amides is 1. The summed E-state index contributed by atoms with van der Waals surface area (Å²) in [6.45, 7) is 2.53. The van der Waals surface area contributed by atoms with Crippen LogP contribution in [-0.4, -0.2) is 5.91 Å². The molecule has 4 nitrogen and oxygen atoms in total. The Morgan fingerprint density at radius 3 is 2.59 bits per heavy atom. The lowest BCUT2D eigenvalue weighted by molar-refractivity contribution is -0.112. The van der Waals surface area contributed by atoms with Crippen LogP contribution in [0, 0.1) is 21.8 Å². The van der Waals surface area contributed by atoms with E-state index < -0.39 is 5.91 Å². The summed E-state index contributed by atoms with van der Waals surface area (Å²) < 4.78 is 6.83. The van der Waals surface area contributed by atoms with E-state index in [4.69, 9.17) is 4.74 Å². The molecule has 3 aromatic carbocycles. The molecule has 29 heavy (non-hydrogen) atoms. The van der Waals surface area contributed by atoms with Crippen LogP contribution in [0.15, 0.2) is 78.4 Å².